The van der Waals surface area contributed by atoms with E-state index in [1.165, 1.54) is 0 Å². The molecule has 0 unspecified atom stereocenters. The predicted molar refractivity (Wildman–Crippen MR) is 47.5 cm³/mol. The van der Waals surface area contributed by atoms with Crippen LogP contribution in [0.2, 0.25) is 0 Å². The van der Waals surface area contributed by atoms with Crippen LogP contribution in [-0.2, 0) is 0 Å². The van der Waals surface area contributed by atoms with Crippen LogP contribution in [0, 0.1) is 5.92 Å². The molecule has 1 N–H and O–H groups in total. The second kappa shape index (κ2) is 6.02. The van der Waals surface area contributed by atoms with Gasteiger partial charge in [0.1, 0.15) is 0 Å². The summed E-state index contributed by atoms with van der Waals surface area (Å²) in [6, 6.07) is 0. The molecular formula is C9H16F3N. The molecule has 4 heteroatoms. The second-order valence-corrected chi connectivity index (χ2v) is 3.33. The molecule has 0 aliphatic carbocycles. The maximum Gasteiger partial charge on any atom is 0.409 e. The van der Waals surface area contributed by atoms with Gasteiger partial charge in [-0.15, -0.1) is 0 Å². The topological polar surface area (TPSA) is 12.0 Å². The third-order valence-corrected chi connectivity index (χ3v) is 1.35. The van der Waals surface area contributed by atoms with Gasteiger partial charge in [-0.2, -0.15) is 13.2 Å². The lowest BCUT2D eigenvalue weighted by atomic mass is 10.2. The Balaban J connectivity index is 3.31. The highest BCUT2D eigenvalue weighted by Gasteiger charge is 2.21. The highest BCUT2D eigenvalue weighted by molar-refractivity contribution is 4.88. The van der Waals surface area contributed by atoms with Gasteiger partial charge in [0.25, 0.3) is 0 Å². The van der Waals surface area contributed by atoms with Gasteiger partial charge in [0.15, 0.2) is 0 Å². The second-order valence-electron chi connectivity index (χ2n) is 3.33. The smallest absolute Gasteiger partial charge is 0.316 e. The molecule has 0 fully saturated rings. The van der Waals surface area contributed by atoms with Crippen LogP contribution in [0.4, 0.5) is 13.2 Å². The fourth-order valence-corrected chi connectivity index (χ4v) is 0.793. The van der Waals surface area contributed by atoms with E-state index in [9.17, 15) is 13.2 Å². The van der Waals surface area contributed by atoms with E-state index in [-0.39, 0.29) is 6.08 Å². The summed E-state index contributed by atoms with van der Waals surface area (Å²) in [6.45, 7) is 5.56. The molecule has 0 bridgehead atoms. The van der Waals surface area contributed by atoms with Gasteiger partial charge in [-0.05, 0) is 25.4 Å². The van der Waals surface area contributed by atoms with Crippen molar-refractivity contribution in [1.29, 1.82) is 0 Å². The maximum absolute atomic E-state index is 11.6. The van der Waals surface area contributed by atoms with Crippen molar-refractivity contribution in [1.82, 2.24) is 5.32 Å². The monoisotopic (exact) mass is 195 g/mol. The summed E-state index contributed by atoms with van der Waals surface area (Å²) in [4.78, 5) is 0. The summed E-state index contributed by atoms with van der Waals surface area (Å²) < 4.78 is 34.8. The third kappa shape index (κ3) is 11.5. The average Bonchev–Trinajstić information content (AvgIpc) is 1.93. The molecule has 0 aliphatic heterocycles. The van der Waals surface area contributed by atoms with Crippen molar-refractivity contribution < 1.29 is 13.2 Å². The molecule has 78 valence electrons. The van der Waals surface area contributed by atoms with Crippen molar-refractivity contribution in [3.63, 3.8) is 0 Å². The van der Waals surface area contributed by atoms with Crippen molar-refractivity contribution in [2.45, 2.75) is 26.4 Å². The van der Waals surface area contributed by atoms with Crippen molar-refractivity contribution in [3.8, 4) is 0 Å². The Morgan fingerprint density at radius 1 is 1.31 bits per heavy atom. The third-order valence-electron chi connectivity index (χ3n) is 1.35. The number of hydrogen-bond donors (Lipinski definition) is 1. The Hall–Kier alpha value is -0.510. The lowest BCUT2D eigenvalue weighted by molar-refractivity contribution is -0.0800. The molecular weight excluding hydrogens is 179 g/mol. The normalized spacial score (nSPS) is 13.1. The molecule has 0 aromatic rings. The molecule has 0 saturated heterocycles. The van der Waals surface area contributed by atoms with Crippen LogP contribution in [0.25, 0.3) is 0 Å². The summed E-state index contributed by atoms with van der Waals surface area (Å²) in [6.07, 6.45) is -2.32. The SMILES string of the molecule is CC(C)CNCCC=CC(F)(F)F. The van der Waals surface area contributed by atoms with Gasteiger partial charge in [-0.1, -0.05) is 19.9 Å². The van der Waals surface area contributed by atoms with Crippen LogP contribution in [0.15, 0.2) is 12.2 Å². The van der Waals surface area contributed by atoms with E-state index >= 15 is 0 Å². The van der Waals surface area contributed by atoms with Gasteiger partial charge >= 0.3 is 6.18 Å². The Kier molecular flexibility index (Phi) is 5.79. The summed E-state index contributed by atoms with van der Waals surface area (Å²) in [7, 11) is 0. The number of alkyl halides is 3. The molecule has 0 spiro atoms. The molecule has 13 heavy (non-hydrogen) atoms. The van der Waals surface area contributed by atoms with Gasteiger partial charge in [0.2, 0.25) is 0 Å². The molecule has 0 atom stereocenters. The van der Waals surface area contributed by atoms with Gasteiger partial charge in [-0.25, -0.2) is 0 Å². The summed E-state index contributed by atoms with van der Waals surface area (Å²) in [5.41, 5.74) is 0. The lowest BCUT2D eigenvalue weighted by Gasteiger charge is -2.05. The van der Waals surface area contributed by atoms with Crippen LogP contribution >= 0.6 is 0 Å². The summed E-state index contributed by atoms with van der Waals surface area (Å²) in [5.74, 6) is 0.534. The average molecular weight is 195 g/mol. The van der Waals surface area contributed by atoms with Crippen molar-refractivity contribution in [3.05, 3.63) is 12.2 Å². The Bertz CT molecular complexity index is 149. The van der Waals surface area contributed by atoms with E-state index in [4.69, 9.17) is 0 Å². The number of halogens is 3. The van der Waals surface area contributed by atoms with E-state index in [0.29, 0.717) is 18.9 Å². The van der Waals surface area contributed by atoms with Crippen LogP contribution in [0.5, 0.6) is 0 Å². The van der Waals surface area contributed by atoms with Crippen LogP contribution in [-0.4, -0.2) is 19.3 Å². The minimum atomic E-state index is -4.17. The first-order chi connectivity index (χ1) is 5.92. The minimum Gasteiger partial charge on any atom is -0.316 e. The quantitative estimate of drug-likeness (QED) is 0.525. The van der Waals surface area contributed by atoms with E-state index < -0.39 is 6.18 Å². The predicted octanol–water partition coefficient (Wildman–Crippen LogP) is 2.74. The molecule has 0 heterocycles. The van der Waals surface area contributed by atoms with Crippen molar-refractivity contribution in [2.24, 2.45) is 5.92 Å². The standard InChI is InChI=1S/C9H16F3N/c1-8(2)7-13-6-4-3-5-9(10,11)12/h3,5,8,13H,4,6-7H2,1-2H3. The Morgan fingerprint density at radius 3 is 2.38 bits per heavy atom. The number of hydrogen-bond acceptors (Lipinski definition) is 1. The molecule has 0 amide bonds. The zero-order chi connectivity index (χ0) is 10.3. The van der Waals surface area contributed by atoms with E-state index in [1.807, 2.05) is 0 Å². The van der Waals surface area contributed by atoms with Crippen LogP contribution < -0.4 is 5.32 Å². The van der Waals surface area contributed by atoms with Gasteiger partial charge in [0.05, 0.1) is 0 Å². The Labute approximate surface area is 77.0 Å². The maximum atomic E-state index is 11.6. The number of allylic oxidation sites excluding steroid dienone is 1. The van der Waals surface area contributed by atoms with E-state index in [0.717, 1.165) is 12.6 Å². The lowest BCUT2D eigenvalue weighted by Crippen LogP contribution is -2.20. The molecule has 0 rings (SSSR count). The molecule has 0 aromatic heterocycles. The molecule has 0 saturated carbocycles. The van der Waals surface area contributed by atoms with Gasteiger partial charge < -0.3 is 5.32 Å². The van der Waals surface area contributed by atoms with E-state index in [1.54, 1.807) is 0 Å². The summed E-state index contributed by atoms with van der Waals surface area (Å²) in [5, 5.41) is 3.05. The van der Waals surface area contributed by atoms with Crippen molar-refractivity contribution >= 4 is 0 Å². The highest BCUT2D eigenvalue weighted by atomic mass is 19.4. The van der Waals surface area contributed by atoms with Crippen LogP contribution in [0.3, 0.4) is 0 Å². The Morgan fingerprint density at radius 2 is 1.92 bits per heavy atom. The van der Waals surface area contributed by atoms with Gasteiger partial charge in [0, 0.05) is 6.08 Å². The molecule has 0 aromatic carbocycles. The number of nitrogens with one attached hydrogen (secondary N) is 1. The molecule has 1 nitrogen and oxygen atoms in total. The molecule has 0 aliphatic rings. The fraction of sp³-hybridized carbons (Fsp3) is 0.778. The largest absolute Gasteiger partial charge is 0.409 e. The summed E-state index contributed by atoms with van der Waals surface area (Å²) >= 11 is 0. The fourth-order valence-electron chi connectivity index (χ4n) is 0.793. The first kappa shape index (κ1) is 12.5. The highest BCUT2D eigenvalue weighted by Crippen LogP contribution is 2.15. The van der Waals surface area contributed by atoms with Crippen molar-refractivity contribution in [2.75, 3.05) is 13.1 Å². The first-order valence-corrected chi connectivity index (χ1v) is 4.37. The zero-order valence-electron chi connectivity index (χ0n) is 7.99. The number of rotatable bonds is 5. The minimum absolute atomic E-state index is 0.282. The van der Waals surface area contributed by atoms with Gasteiger partial charge in [-0.3, -0.25) is 0 Å². The van der Waals surface area contributed by atoms with Crippen LogP contribution in [0.1, 0.15) is 20.3 Å². The van der Waals surface area contributed by atoms with E-state index in [2.05, 4.69) is 19.2 Å². The first-order valence-electron chi connectivity index (χ1n) is 4.37. The zero-order valence-corrected chi connectivity index (χ0v) is 7.99. The molecule has 0 radical (unpaired) electrons.